The number of anilines is 1. The fourth-order valence-electron chi connectivity index (χ4n) is 2.04. The van der Waals surface area contributed by atoms with E-state index in [0.29, 0.717) is 4.47 Å². The fourth-order valence-corrected chi connectivity index (χ4v) is 2.52. The second-order valence-corrected chi connectivity index (χ2v) is 6.01. The molecule has 1 N–H and O–H groups in total. The van der Waals surface area contributed by atoms with E-state index in [1.54, 1.807) is 19.9 Å². The summed E-state index contributed by atoms with van der Waals surface area (Å²) in [7, 11) is 0. The molecule has 0 atom stereocenters. The Labute approximate surface area is 118 Å². The second-order valence-electron chi connectivity index (χ2n) is 5.10. The van der Waals surface area contributed by atoms with Gasteiger partial charge in [0.15, 0.2) is 0 Å². The molecule has 0 saturated carbocycles. The highest BCUT2D eigenvalue weighted by molar-refractivity contribution is 9.10. The Bertz CT molecular complexity index is 594. The summed E-state index contributed by atoms with van der Waals surface area (Å²) < 4.78 is 0.507. The molecule has 0 unspecified atom stereocenters. The minimum atomic E-state index is -1.11. The van der Waals surface area contributed by atoms with Crippen molar-refractivity contribution >= 4 is 39.4 Å². The zero-order valence-corrected chi connectivity index (χ0v) is 12.0. The van der Waals surface area contributed by atoms with Gasteiger partial charge in [-0.15, -0.1) is 0 Å². The molecule has 1 fully saturated rings. The van der Waals surface area contributed by atoms with Crippen LogP contribution in [0.4, 0.5) is 5.69 Å². The first-order valence-corrected chi connectivity index (χ1v) is 6.43. The van der Waals surface area contributed by atoms with E-state index in [2.05, 4.69) is 15.9 Å². The van der Waals surface area contributed by atoms with Gasteiger partial charge < -0.3 is 5.11 Å². The van der Waals surface area contributed by atoms with Gasteiger partial charge in [-0.05, 0) is 18.2 Å². The molecule has 2 amide bonds. The van der Waals surface area contributed by atoms with E-state index in [0.717, 1.165) is 4.90 Å². The first-order valence-electron chi connectivity index (χ1n) is 5.63. The zero-order valence-electron chi connectivity index (χ0n) is 10.4. The minimum Gasteiger partial charge on any atom is -0.478 e. The standard InChI is InChI=1S/C13H12BrNO4/c1-13(2)6-10(16)15(12(13)19)9-4-7(11(17)18)3-8(14)5-9/h3-5H,6H2,1-2H3,(H,17,18). The lowest BCUT2D eigenvalue weighted by Gasteiger charge is -2.18. The van der Waals surface area contributed by atoms with Crippen molar-refractivity contribution in [2.45, 2.75) is 20.3 Å². The van der Waals surface area contributed by atoms with Gasteiger partial charge in [-0.25, -0.2) is 4.79 Å². The summed E-state index contributed by atoms with van der Waals surface area (Å²) in [5.74, 6) is -1.74. The first-order chi connectivity index (χ1) is 8.72. The molecule has 0 aromatic heterocycles. The van der Waals surface area contributed by atoms with Gasteiger partial charge in [0.25, 0.3) is 0 Å². The van der Waals surface area contributed by atoms with Crippen LogP contribution in [0.2, 0.25) is 0 Å². The third kappa shape index (κ3) is 2.40. The molecule has 0 spiro atoms. The van der Waals surface area contributed by atoms with Crippen molar-refractivity contribution in [1.82, 2.24) is 0 Å². The van der Waals surface area contributed by atoms with Crippen LogP contribution in [0.15, 0.2) is 22.7 Å². The summed E-state index contributed by atoms with van der Waals surface area (Å²) in [4.78, 5) is 36.2. The predicted molar refractivity (Wildman–Crippen MR) is 72.0 cm³/mol. The maximum absolute atomic E-state index is 12.2. The number of hydrogen-bond donors (Lipinski definition) is 1. The second kappa shape index (κ2) is 4.45. The topological polar surface area (TPSA) is 74.7 Å². The third-order valence-electron chi connectivity index (χ3n) is 3.01. The van der Waals surface area contributed by atoms with E-state index < -0.39 is 11.4 Å². The predicted octanol–water partition coefficient (Wildman–Crippen LogP) is 2.44. The summed E-state index contributed by atoms with van der Waals surface area (Å²) >= 11 is 3.18. The average Bonchev–Trinajstić information content (AvgIpc) is 2.47. The number of hydrogen-bond acceptors (Lipinski definition) is 3. The van der Waals surface area contributed by atoms with Crippen molar-refractivity contribution in [2.24, 2.45) is 5.41 Å². The molecule has 1 aromatic carbocycles. The zero-order chi connectivity index (χ0) is 14.4. The number of rotatable bonds is 2. The molecule has 1 heterocycles. The molecular weight excluding hydrogens is 314 g/mol. The van der Waals surface area contributed by atoms with Crippen molar-refractivity contribution in [3.8, 4) is 0 Å². The number of carboxylic acids is 1. The van der Waals surface area contributed by atoms with Crippen molar-refractivity contribution in [3.05, 3.63) is 28.2 Å². The van der Waals surface area contributed by atoms with Crippen LogP contribution in [0.25, 0.3) is 0 Å². The van der Waals surface area contributed by atoms with Crippen LogP contribution in [0.3, 0.4) is 0 Å². The van der Waals surface area contributed by atoms with Crippen molar-refractivity contribution in [2.75, 3.05) is 4.90 Å². The van der Waals surface area contributed by atoms with Gasteiger partial charge in [0.2, 0.25) is 11.8 Å². The lowest BCUT2D eigenvalue weighted by molar-refractivity contribution is -0.124. The smallest absolute Gasteiger partial charge is 0.335 e. The van der Waals surface area contributed by atoms with E-state index in [9.17, 15) is 14.4 Å². The number of benzene rings is 1. The van der Waals surface area contributed by atoms with E-state index in [-0.39, 0.29) is 29.5 Å². The maximum Gasteiger partial charge on any atom is 0.335 e. The maximum atomic E-state index is 12.2. The first kappa shape index (κ1) is 13.7. The molecule has 1 aromatic rings. The summed E-state index contributed by atoms with van der Waals surface area (Å²) in [6.45, 7) is 3.40. The number of carboxylic acid groups (broad SMARTS) is 1. The molecule has 0 radical (unpaired) electrons. The third-order valence-corrected chi connectivity index (χ3v) is 3.47. The Balaban J connectivity index is 2.51. The summed E-state index contributed by atoms with van der Waals surface area (Å²) in [5.41, 5.74) is -0.440. The largest absolute Gasteiger partial charge is 0.478 e. The SMILES string of the molecule is CC1(C)CC(=O)N(c2cc(Br)cc(C(=O)O)c2)C1=O. The fraction of sp³-hybridized carbons (Fsp3) is 0.308. The van der Waals surface area contributed by atoms with E-state index in [1.165, 1.54) is 12.1 Å². The number of carbonyl (C=O) groups is 3. The van der Waals surface area contributed by atoms with Gasteiger partial charge in [-0.1, -0.05) is 29.8 Å². The highest BCUT2D eigenvalue weighted by atomic mass is 79.9. The number of imide groups is 1. The van der Waals surface area contributed by atoms with Gasteiger partial charge in [0.1, 0.15) is 0 Å². The molecular formula is C13H12BrNO4. The quantitative estimate of drug-likeness (QED) is 0.847. The molecule has 1 saturated heterocycles. The molecule has 2 rings (SSSR count). The van der Waals surface area contributed by atoms with Crippen LogP contribution in [-0.2, 0) is 9.59 Å². The Morgan fingerprint density at radius 2 is 1.95 bits per heavy atom. The van der Waals surface area contributed by atoms with Crippen molar-refractivity contribution in [1.29, 1.82) is 0 Å². The van der Waals surface area contributed by atoms with Crippen LogP contribution in [-0.4, -0.2) is 22.9 Å². The molecule has 1 aliphatic heterocycles. The van der Waals surface area contributed by atoms with Gasteiger partial charge >= 0.3 is 5.97 Å². The highest BCUT2D eigenvalue weighted by Crippen LogP contribution is 2.36. The van der Waals surface area contributed by atoms with Gasteiger partial charge in [0, 0.05) is 10.9 Å². The number of halogens is 1. The lowest BCUT2D eigenvalue weighted by atomic mass is 9.92. The molecule has 6 heteroatoms. The van der Waals surface area contributed by atoms with E-state index >= 15 is 0 Å². The summed E-state index contributed by atoms with van der Waals surface area (Å²) in [6.07, 6.45) is 0.126. The molecule has 100 valence electrons. The number of aromatic carboxylic acids is 1. The van der Waals surface area contributed by atoms with Crippen LogP contribution in [0.5, 0.6) is 0 Å². The lowest BCUT2D eigenvalue weighted by Crippen LogP contribution is -2.33. The molecule has 0 bridgehead atoms. The van der Waals surface area contributed by atoms with E-state index in [1.807, 2.05) is 0 Å². The molecule has 19 heavy (non-hydrogen) atoms. The van der Waals surface area contributed by atoms with Gasteiger partial charge in [-0.3, -0.25) is 14.5 Å². The minimum absolute atomic E-state index is 0.0229. The van der Waals surface area contributed by atoms with Crippen LogP contribution < -0.4 is 4.90 Å². The summed E-state index contributed by atoms with van der Waals surface area (Å²) in [5, 5.41) is 9.00. The summed E-state index contributed by atoms with van der Waals surface area (Å²) in [6, 6.07) is 4.30. The Morgan fingerprint density at radius 1 is 1.32 bits per heavy atom. The Morgan fingerprint density at radius 3 is 2.42 bits per heavy atom. The van der Waals surface area contributed by atoms with Crippen LogP contribution >= 0.6 is 15.9 Å². The number of carbonyl (C=O) groups excluding carboxylic acids is 2. The normalized spacial score (nSPS) is 17.9. The Hall–Kier alpha value is -1.69. The van der Waals surface area contributed by atoms with Crippen molar-refractivity contribution < 1.29 is 19.5 Å². The van der Waals surface area contributed by atoms with Gasteiger partial charge in [0.05, 0.1) is 16.7 Å². The van der Waals surface area contributed by atoms with Gasteiger partial charge in [-0.2, -0.15) is 0 Å². The molecule has 0 aliphatic carbocycles. The average molecular weight is 326 g/mol. The molecule has 1 aliphatic rings. The van der Waals surface area contributed by atoms with Crippen LogP contribution in [0.1, 0.15) is 30.6 Å². The number of nitrogens with zero attached hydrogens (tertiary/aromatic N) is 1. The monoisotopic (exact) mass is 325 g/mol. The van der Waals surface area contributed by atoms with Crippen molar-refractivity contribution in [3.63, 3.8) is 0 Å². The highest BCUT2D eigenvalue weighted by Gasteiger charge is 2.45. The number of amides is 2. The van der Waals surface area contributed by atoms with E-state index in [4.69, 9.17) is 5.11 Å². The Kier molecular flexibility index (Phi) is 3.22. The van der Waals surface area contributed by atoms with Crippen LogP contribution in [0, 0.1) is 5.41 Å². The molecule has 5 nitrogen and oxygen atoms in total.